The van der Waals surface area contributed by atoms with Crippen LogP contribution in [0, 0.1) is 0 Å². The monoisotopic (exact) mass is 330 g/mol. The number of aromatic nitrogens is 5. The van der Waals surface area contributed by atoms with Crippen molar-refractivity contribution in [3.8, 4) is 0 Å². The van der Waals surface area contributed by atoms with E-state index < -0.39 is 0 Å². The van der Waals surface area contributed by atoms with Gasteiger partial charge in [0.25, 0.3) is 5.91 Å². The number of piperidine rings is 1. The number of amides is 1. The second kappa shape index (κ2) is 6.72. The molecule has 1 unspecified atom stereocenters. The van der Waals surface area contributed by atoms with Crippen molar-refractivity contribution in [3.05, 3.63) is 29.8 Å². The molecule has 0 spiro atoms. The van der Waals surface area contributed by atoms with Crippen LogP contribution in [0.5, 0.6) is 0 Å². The summed E-state index contributed by atoms with van der Waals surface area (Å²) in [6.07, 6.45) is 9.08. The molecule has 0 saturated carbocycles. The van der Waals surface area contributed by atoms with Gasteiger partial charge in [-0.05, 0) is 25.7 Å². The van der Waals surface area contributed by atoms with Gasteiger partial charge in [-0.2, -0.15) is 5.10 Å². The highest BCUT2D eigenvalue weighted by molar-refractivity contribution is 5.95. The van der Waals surface area contributed by atoms with Crippen molar-refractivity contribution in [2.75, 3.05) is 26.3 Å². The van der Waals surface area contributed by atoms with Crippen LogP contribution in [0.25, 0.3) is 0 Å². The Labute approximate surface area is 140 Å². The predicted octanol–water partition coefficient (Wildman–Crippen LogP) is 1.37. The molecule has 8 nitrogen and oxygen atoms in total. The Morgan fingerprint density at radius 3 is 2.96 bits per heavy atom. The maximum Gasteiger partial charge on any atom is 0.257 e. The van der Waals surface area contributed by atoms with Crippen LogP contribution >= 0.6 is 0 Å². The third-order valence-electron chi connectivity index (χ3n) is 5.03. The molecule has 0 aromatic carbocycles. The minimum absolute atomic E-state index is 0.0649. The number of hydrogen-bond acceptors (Lipinski definition) is 5. The van der Waals surface area contributed by atoms with Crippen LogP contribution in [0.1, 0.15) is 53.7 Å². The molecule has 128 valence electrons. The van der Waals surface area contributed by atoms with Gasteiger partial charge in [0.05, 0.1) is 29.7 Å². The Hall–Kier alpha value is -2.22. The SMILES string of the molecule is O=C(c1cn[nH]c1C1CCOCC1)N1CCCC(n2ccnn2)C1. The van der Waals surface area contributed by atoms with Gasteiger partial charge < -0.3 is 9.64 Å². The zero-order chi connectivity index (χ0) is 16.4. The van der Waals surface area contributed by atoms with Crippen LogP contribution in [0.2, 0.25) is 0 Å². The summed E-state index contributed by atoms with van der Waals surface area (Å²) in [4.78, 5) is 14.9. The first-order chi connectivity index (χ1) is 11.8. The number of carbonyl (C=O) groups excluding carboxylic acids is 1. The van der Waals surface area contributed by atoms with Crippen molar-refractivity contribution >= 4 is 5.91 Å². The van der Waals surface area contributed by atoms with E-state index in [1.54, 1.807) is 12.4 Å². The lowest BCUT2D eigenvalue weighted by Crippen LogP contribution is -2.41. The number of nitrogens with one attached hydrogen (secondary N) is 1. The highest BCUT2D eigenvalue weighted by atomic mass is 16.5. The number of rotatable bonds is 3. The fraction of sp³-hybridized carbons (Fsp3) is 0.625. The van der Waals surface area contributed by atoms with Crippen LogP contribution < -0.4 is 0 Å². The third-order valence-corrected chi connectivity index (χ3v) is 5.03. The summed E-state index contributed by atoms with van der Waals surface area (Å²) >= 11 is 0. The van der Waals surface area contributed by atoms with E-state index in [1.165, 1.54) is 0 Å². The molecule has 2 aromatic heterocycles. The fourth-order valence-electron chi connectivity index (χ4n) is 3.70. The number of carbonyl (C=O) groups is 1. The van der Waals surface area contributed by atoms with E-state index in [1.807, 2.05) is 15.8 Å². The summed E-state index contributed by atoms with van der Waals surface area (Å²) in [5, 5.41) is 15.2. The van der Waals surface area contributed by atoms with Crippen LogP contribution in [-0.2, 0) is 4.74 Å². The molecule has 8 heteroatoms. The van der Waals surface area contributed by atoms with Gasteiger partial charge in [-0.25, -0.2) is 4.68 Å². The Bertz CT molecular complexity index is 677. The molecule has 1 amide bonds. The maximum absolute atomic E-state index is 13.0. The lowest BCUT2D eigenvalue weighted by molar-refractivity contribution is 0.0662. The van der Waals surface area contributed by atoms with Crippen LogP contribution in [0.15, 0.2) is 18.6 Å². The first kappa shape index (κ1) is 15.3. The first-order valence-corrected chi connectivity index (χ1v) is 8.59. The number of likely N-dealkylation sites (tertiary alicyclic amines) is 1. The fourth-order valence-corrected chi connectivity index (χ4v) is 3.70. The van der Waals surface area contributed by atoms with Gasteiger partial charge in [-0.15, -0.1) is 5.10 Å². The second-order valence-electron chi connectivity index (χ2n) is 6.51. The van der Waals surface area contributed by atoms with E-state index in [9.17, 15) is 4.79 Å². The van der Waals surface area contributed by atoms with E-state index in [0.717, 1.165) is 51.1 Å². The average Bonchev–Trinajstić information content (AvgIpc) is 3.34. The van der Waals surface area contributed by atoms with Gasteiger partial charge in [0, 0.05) is 38.4 Å². The number of nitrogens with zero attached hydrogens (tertiary/aromatic N) is 5. The van der Waals surface area contributed by atoms with Gasteiger partial charge in [-0.3, -0.25) is 9.89 Å². The van der Waals surface area contributed by atoms with Crippen molar-refractivity contribution in [1.29, 1.82) is 0 Å². The van der Waals surface area contributed by atoms with Gasteiger partial charge in [0.2, 0.25) is 0 Å². The Balaban J connectivity index is 1.50. The summed E-state index contributed by atoms with van der Waals surface area (Å²) in [6, 6.07) is 0.198. The zero-order valence-corrected chi connectivity index (χ0v) is 13.6. The molecule has 0 aliphatic carbocycles. The average molecular weight is 330 g/mol. The maximum atomic E-state index is 13.0. The molecule has 1 atom stereocenters. The molecule has 2 fully saturated rings. The van der Waals surface area contributed by atoms with E-state index >= 15 is 0 Å². The molecule has 2 aromatic rings. The van der Waals surface area contributed by atoms with E-state index in [4.69, 9.17) is 4.74 Å². The Kier molecular flexibility index (Phi) is 4.29. The van der Waals surface area contributed by atoms with Crippen molar-refractivity contribution in [2.45, 2.75) is 37.6 Å². The molecule has 0 bridgehead atoms. The minimum Gasteiger partial charge on any atom is -0.381 e. The van der Waals surface area contributed by atoms with Crippen molar-refractivity contribution < 1.29 is 9.53 Å². The Morgan fingerprint density at radius 1 is 1.29 bits per heavy atom. The predicted molar refractivity (Wildman–Crippen MR) is 85.6 cm³/mol. The normalized spacial score (nSPS) is 22.7. The van der Waals surface area contributed by atoms with Crippen molar-refractivity contribution in [1.82, 2.24) is 30.1 Å². The number of hydrogen-bond donors (Lipinski definition) is 1. The van der Waals surface area contributed by atoms with Crippen molar-refractivity contribution in [2.24, 2.45) is 0 Å². The summed E-state index contributed by atoms with van der Waals surface area (Å²) in [6.45, 7) is 2.94. The minimum atomic E-state index is 0.0649. The molecule has 2 saturated heterocycles. The first-order valence-electron chi connectivity index (χ1n) is 8.59. The molecular weight excluding hydrogens is 308 g/mol. The molecule has 4 heterocycles. The summed E-state index contributed by atoms with van der Waals surface area (Å²) < 4.78 is 7.28. The largest absolute Gasteiger partial charge is 0.381 e. The standard InChI is InChI=1S/C16H22N6O2/c23-16(14-10-18-19-15(14)12-3-8-24-9-4-12)21-6-1-2-13(11-21)22-7-5-17-20-22/h5,7,10,12-13H,1-4,6,8-9,11H2,(H,18,19). The van der Waals surface area contributed by atoms with Gasteiger partial charge in [-0.1, -0.05) is 5.21 Å². The molecular formula is C16H22N6O2. The quantitative estimate of drug-likeness (QED) is 0.918. The van der Waals surface area contributed by atoms with Crippen LogP contribution in [0.4, 0.5) is 0 Å². The smallest absolute Gasteiger partial charge is 0.257 e. The van der Waals surface area contributed by atoms with Crippen LogP contribution in [0.3, 0.4) is 0 Å². The summed E-state index contributed by atoms with van der Waals surface area (Å²) in [5.74, 6) is 0.395. The van der Waals surface area contributed by atoms with E-state index in [0.29, 0.717) is 18.0 Å². The number of aromatic amines is 1. The number of H-pyrrole nitrogens is 1. The molecule has 24 heavy (non-hydrogen) atoms. The molecule has 4 rings (SSSR count). The summed E-state index contributed by atoms with van der Waals surface area (Å²) in [7, 11) is 0. The van der Waals surface area contributed by atoms with Crippen LogP contribution in [-0.4, -0.2) is 62.3 Å². The van der Waals surface area contributed by atoms with E-state index in [2.05, 4.69) is 20.5 Å². The van der Waals surface area contributed by atoms with Gasteiger partial charge in [0.15, 0.2) is 0 Å². The molecule has 0 radical (unpaired) electrons. The summed E-state index contributed by atoms with van der Waals surface area (Å²) in [5.41, 5.74) is 1.67. The second-order valence-corrected chi connectivity index (χ2v) is 6.51. The van der Waals surface area contributed by atoms with E-state index in [-0.39, 0.29) is 11.9 Å². The lowest BCUT2D eigenvalue weighted by Gasteiger charge is -2.33. The third kappa shape index (κ3) is 2.93. The Morgan fingerprint density at radius 2 is 2.17 bits per heavy atom. The number of ether oxygens (including phenoxy) is 1. The molecule has 2 aliphatic heterocycles. The molecule has 2 aliphatic rings. The van der Waals surface area contributed by atoms with Gasteiger partial charge >= 0.3 is 0 Å². The topological polar surface area (TPSA) is 88.9 Å². The highest BCUT2D eigenvalue weighted by Crippen LogP contribution is 2.29. The molecule has 1 N–H and O–H groups in total. The van der Waals surface area contributed by atoms with Crippen molar-refractivity contribution in [3.63, 3.8) is 0 Å². The lowest BCUT2D eigenvalue weighted by atomic mass is 9.93. The highest BCUT2D eigenvalue weighted by Gasteiger charge is 2.30. The zero-order valence-electron chi connectivity index (χ0n) is 13.6. The van der Waals surface area contributed by atoms with Gasteiger partial charge in [0.1, 0.15) is 0 Å².